The molecule has 0 aliphatic heterocycles. The molecule has 3 aromatic heterocycles. The van der Waals surface area contributed by atoms with Crippen molar-refractivity contribution >= 4 is 34.2 Å². The molecule has 3 heterocycles. The van der Waals surface area contributed by atoms with Crippen LogP contribution in [0.5, 0.6) is 0 Å². The van der Waals surface area contributed by atoms with E-state index in [9.17, 15) is 4.21 Å². The highest BCUT2D eigenvalue weighted by Gasteiger charge is 2.15. The summed E-state index contributed by atoms with van der Waals surface area (Å²) in [5, 5.41) is 17.2. The standard InChI is InChI=1S/C25H20ClN5O4S2/c26-20-10-8-19(9-11-20)23-29-31-25(35-23)37(32)14-13-33-15-17-4-6-18(7-5-17)22-28-30-24(34-22)36-16-21-3-1-2-12-27-21/h1-12H,13-16H2/t37-/m0/s1. The van der Waals surface area contributed by atoms with Gasteiger partial charge >= 0.3 is 5.22 Å². The fourth-order valence-electron chi connectivity index (χ4n) is 3.17. The van der Waals surface area contributed by atoms with Crippen molar-refractivity contribution < 1.29 is 17.8 Å². The van der Waals surface area contributed by atoms with E-state index in [-0.39, 0.29) is 17.6 Å². The molecule has 0 bridgehead atoms. The number of aromatic nitrogens is 5. The highest BCUT2D eigenvalue weighted by Crippen LogP contribution is 2.26. The molecule has 0 unspecified atom stereocenters. The van der Waals surface area contributed by atoms with Gasteiger partial charge in [0.25, 0.3) is 5.22 Å². The summed E-state index contributed by atoms with van der Waals surface area (Å²) in [5.41, 5.74) is 3.43. The van der Waals surface area contributed by atoms with E-state index in [2.05, 4.69) is 25.4 Å². The van der Waals surface area contributed by atoms with Crippen LogP contribution >= 0.6 is 23.4 Å². The van der Waals surface area contributed by atoms with Crippen LogP contribution < -0.4 is 0 Å². The zero-order valence-corrected chi connectivity index (χ0v) is 21.7. The maximum Gasteiger partial charge on any atom is 0.307 e. The molecule has 0 spiro atoms. The van der Waals surface area contributed by atoms with Crippen molar-refractivity contribution in [3.05, 3.63) is 89.2 Å². The van der Waals surface area contributed by atoms with Gasteiger partial charge in [-0.1, -0.05) is 46.7 Å². The van der Waals surface area contributed by atoms with Crippen LogP contribution in [0.15, 0.2) is 92.2 Å². The van der Waals surface area contributed by atoms with Crippen molar-refractivity contribution in [2.24, 2.45) is 0 Å². The lowest BCUT2D eigenvalue weighted by atomic mass is 10.1. The lowest BCUT2D eigenvalue weighted by Crippen LogP contribution is -2.07. The summed E-state index contributed by atoms with van der Waals surface area (Å²) in [5.74, 6) is 1.63. The minimum atomic E-state index is -1.46. The molecule has 0 amide bonds. The quantitative estimate of drug-likeness (QED) is 0.154. The molecule has 0 aliphatic rings. The number of hydrogen-bond donors (Lipinski definition) is 0. The van der Waals surface area contributed by atoms with Crippen LogP contribution in [0.1, 0.15) is 11.3 Å². The van der Waals surface area contributed by atoms with E-state index < -0.39 is 10.8 Å². The number of nitrogens with zero attached hydrogens (tertiary/aromatic N) is 5. The van der Waals surface area contributed by atoms with E-state index in [0.717, 1.165) is 16.8 Å². The summed E-state index contributed by atoms with van der Waals surface area (Å²) in [6.07, 6.45) is 1.76. The predicted molar refractivity (Wildman–Crippen MR) is 139 cm³/mol. The van der Waals surface area contributed by atoms with Gasteiger partial charge in [0.15, 0.2) is 0 Å². The van der Waals surface area contributed by atoms with Crippen LogP contribution in [0, 0.1) is 0 Å². The molecule has 2 aromatic carbocycles. The van der Waals surface area contributed by atoms with E-state index in [1.807, 2.05) is 42.5 Å². The van der Waals surface area contributed by atoms with Crippen molar-refractivity contribution in [3.63, 3.8) is 0 Å². The molecule has 188 valence electrons. The molecule has 5 aromatic rings. The zero-order chi connectivity index (χ0) is 25.5. The summed E-state index contributed by atoms with van der Waals surface area (Å²) in [6.45, 7) is 0.639. The Hall–Kier alpha value is -3.38. The summed E-state index contributed by atoms with van der Waals surface area (Å²) >= 11 is 7.33. The molecule has 0 saturated heterocycles. The monoisotopic (exact) mass is 553 g/mol. The largest absolute Gasteiger partial charge is 0.411 e. The van der Waals surface area contributed by atoms with Crippen LogP contribution in [0.3, 0.4) is 0 Å². The number of rotatable bonds is 11. The second-order valence-corrected chi connectivity index (χ2v) is 10.5. The van der Waals surface area contributed by atoms with E-state index in [4.69, 9.17) is 25.2 Å². The third-order valence-corrected chi connectivity index (χ3v) is 7.25. The average Bonchev–Trinajstić information content (AvgIpc) is 3.62. The molecular weight excluding hydrogens is 534 g/mol. The Balaban J connectivity index is 1.07. The van der Waals surface area contributed by atoms with Gasteiger partial charge in [0, 0.05) is 28.1 Å². The fraction of sp³-hybridized carbons (Fsp3) is 0.160. The van der Waals surface area contributed by atoms with E-state index in [0.29, 0.717) is 40.0 Å². The van der Waals surface area contributed by atoms with E-state index in [1.54, 1.807) is 30.5 Å². The lowest BCUT2D eigenvalue weighted by molar-refractivity contribution is 0.136. The summed E-state index contributed by atoms with van der Waals surface area (Å²) < 4.78 is 29.4. The molecule has 12 heteroatoms. The first-order valence-corrected chi connectivity index (χ1v) is 13.8. The number of halogens is 1. The first-order valence-electron chi connectivity index (χ1n) is 11.1. The number of hydrogen-bond acceptors (Lipinski definition) is 10. The van der Waals surface area contributed by atoms with Crippen molar-refractivity contribution in [3.8, 4) is 22.9 Å². The number of benzene rings is 2. The van der Waals surface area contributed by atoms with Gasteiger partial charge in [-0.05, 0) is 54.1 Å². The first kappa shape index (κ1) is 25.3. The maximum absolute atomic E-state index is 12.5. The highest BCUT2D eigenvalue weighted by molar-refractivity contribution is 7.98. The van der Waals surface area contributed by atoms with Crippen molar-refractivity contribution in [2.75, 3.05) is 12.4 Å². The van der Waals surface area contributed by atoms with E-state index in [1.165, 1.54) is 11.8 Å². The molecule has 0 saturated carbocycles. The second kappa shape index (κ2) is 12.2. The Morgan fingerprint density at radius 2 is 1.59 bits per heavy atom. The lowest BCUT2D eigenvalue weighted by Gasteiger charge is -2.04. The van der Waals surface area contributed by atoms with Crippen LogP contribution in [-0.4, -0.2) is 41.9 Å². The van der Waals surface area contributed by atoms with Gasteiger partial charge in [0.05, 0.1) is 24.7 Å². The third kappa shape index (κ3) is 6.89. The normalized spacial score (nSPS) is 12.0. The smallest absolute Gasteiger partial charge is 0.307 e. The minimum absolute atomic E-state index is 0.0648. The van der Waals surface area contributed by atoms with Crippen molar-refractivity contribution in [1.29, 1.82) is 0 Å². The summed E-state index contributed by atoms with van der Waals surface area (Å²) in [7, 11) is -1.46. The molecule has 0 fully saturated rings. The SMILES string of the molecule is O=[S@@](CCOCc1ccc(-c2nnc(SCc3ccccn3)o2)cc1)c1nnc(-c2ccc(Cl)cc2)o1. The molecule has 0 N–H and O–H groups in total. The minimum Gasteiger partial charge on any atom is -0.411 e. The molecule has 9 nitrogen and oxygen atoms in total. The Labute approximate surface area is 224 Å². The molecule has 37 heavy (non-hydrogen) atoms. The van der Waals surface area contributed by atoms with E-state index >= 15 is 0 Å². The average molecular weight is 554 g/mol. The Bertz CT molecular complexity index is 1460. The topological polar surface area (TPSA) is 117 Å². The molecule has 5 rings (SSSR count). The van der Waals surface area contributed by atoms with Crippen molar-refractivity contribution in [2.45, 2.75) is 22.8 Å². The number of thioether (sulfide) groups is 1. The zero-order valence-electron chi connectivity index (χ0n) is 19.3. The van der Waals surface area contributed by atoms with Crippen LogP contribution in [0.2, 0.25) is 5.02 Å². The molecule has 0 aliphatic carbocycles. The Kier molecular flexibility index (Phi) is 8.36. The second-order valence-electron chi connectivity index (χ2n) is 7.66. The van der Waals surface area contributed by atoms with Gasteiger partial charge in [-0.2, -0.15) is 0 Å². The first-order chi connectivity index (χ1) is 18.1. The van der Waals surface area contributed by atoms with Gasteiger partial charge in [-0.15, -0.1) is 15.3 Å². The van der Waals surface area contributed by atoms with Crippen molar-refractivity contribution in [1.82, 2.24) is 25.4 Å². The van der Waals surface area contributed by atoms with Gasteiger partial charge < -0.3 is 13.6 Å². The van der Waals surface area contributed by atoms with Crippen LogP contribution in [-0.2, 0) is 27.9 Å². The Morgan fingerprint density at radius 3 is 2.35 bits per heavy atom. The Morgan fingerprint density at radius 1 is 0.865 bits per heavy atom. The number of ether oxygens (including phenoxy) is 1. The summed E-state index contributed by atoms with van der Waals surface area (Å²) in [6, 6.07) is 20.4. The van der Waals surface area contributed by atoms with Gasteiger partial charge in [0.2, 0.25) is 11.8 Å². The van der Waals surface area contributed by atoms with Crippen LogP contribution in [0.25, 0.3) is 22.9 Å². The third-order valence-electron chi connectivity index (χ3n) is 5.05. The summed E-state index contributed by atoms with van der Waals surface area (Å²) in [4.78, 5) is 4.29. The van der Waals surface area contributed by atoms with Crippen LogP contribution in [0.4, 0.5) is 0 Å². The predicted octanol–water partition coefficient (Wildman–Crippen LogP) is 5.45. The van der Waals surface area contributed by atoms with Gasteiger partial charge in [-0.3, -0.25) is 4.98 Å². The molecule has 1 atom stereocenters. The number of pyridine rings is 1. The molecular formula is C25H20ClN5O4S2. The molecule has 0 radical (unpaired) electrons. The van der Waals surface area contributed by atoms with Gasteiger partial charge in [0.1, 0.15) is 10.8 Å². The fourth-order valence-corrected chi connectivity index (χ4v) is 4.72. The maximum atomic E-state index is 12.5. The highest BCUT2D eigenvalue weighted by atomic mass is 35.5. The van der Waals surface area contributed by atoms with Gasteiger partial charge in [-0.25, -0.2) is 4.21 Å².